The molecule has 5 rings (SSSR count). The Morgan fingerprint density at radius 2 is 1.31 bits per heavy atom. The second-order valence-electron chi connectivity index (χ2n) is 7.23. The Labute approximate surface area is 169 Å². The molecule has 0 aliphatic rings. The summed E-state index contributed by atoms with van der Waals surface area (Å²) in [5.74, 6) is 0. The molecule has 0 N–H and O–H groups in total. The van der Waals surface area contributed by atoms with Gasteiger partial charge in [-0.05, 0) is 53.6 Å². The number of benzene rings is 4. The van der Waals surface area contributed by atoms with Gasteiger partial charge >= 0.3 is 0 Å². The van der Waals surface area contributed by atoms with Crippen molar-refractivity contribution in [1.29, 1.82) is 0 Å². The fourth-order valence-electron chi connectivity index (χ4n) is 3.75. The molecular formula is C25H19NO2S. The van der Waals surface area contributed by atoms with Crippen LogP contribution in [0.4, 0.5) is 0 Å². The van der Waals surface area contributed by atoms with Gasteiger partial charge in [-0.25, -0.2) is 12.4 Å². The van der Waals surface area contributed by atoms with E-state index in [2.05, 4.69) is 6.07 Å². The number of hydrogen-bond donors (Lipinski definition) is 0. The highest BCUT2D eigenvalue weighted by atomic mass is 32.2. The van der Waals surface area contributed by atoms with E-state index in [0.717, 1.165) is 27.3 Å². The third-order valence-corrected chi connectivity index (χ3v) is 7.01. The standard InChI is InChI=1S/C25H19NO2S/c1-18-10-14-23(15-11-18)29(27,28)26-24-9-5-4-8-21(24)17-25(26)22-13-12-19-6-2-3-7-20(19)16-22/h2-17H,1H3. The molecule has 0 spiro atoms. The Hall–Kier alpha value is -3.37. The van der Waals surface area contributed by atoms with Crippen LogP contribution >= 0.6 is 0 Å². The molecule has 0 atom stereocenters. The lowest BCUT2D eigenvalue weighted by Crippen LogP contribution is -2.14. The van der Waals surface area contributed by atoms with Crippen LogP contribution in [0.3, 0.4) is 0 Å². The predicted octanol–water partition coefficient (Wildman–Crippen LogP) is 6.01. The van der Waals surface area contributed by atoms with E-state index in [1.54, 1.807) is 12.1 Å². The van der Waals surface area contributed by atoms with Gasteiger partial charge in [-0.3, -0.25) is 0 Å². The van der Waals surface area contributed by atoms with Gasteiger partial charge in [0.25, 0.3) is 10.0 Å². The van der Waals surface area contributed by atoms with E-state index in [1.807, 2.05) is 85.8 Å². The molecule has 0 fully saturated rings. The molecule has 0 saturated heterocycles. The highest BCUT2D eigenvalue weighted by molar-refractivity contribution is 7.90. The number of aryl methyl sites for hydroxylation is 1. The van der Waals surface area contributed by atoms with Crippen molar-refractivity contribution in [3.05, 3.63) is 103 Å². The summed E-state index contributed by atoms with van der Waals surface area (Å²) >= 11 is 0. The summed E-state index contributed by atoms with van der Waals surface area (Å²) in [4.78, 5) is 0.284. The third kappa shape index (κ3) is 2.93. The van der Waals surface area contributed by atoms with Gasteiger partial charge in [0.15, 0.2) is 0 Å². The van der Waals surface area contributed by atoms with Crippen molar-refractivity contribution in [3.63, 3.8) is 0 Å². The summed E-state index contributed by atoms with van der Waals surface area (Å²) in [5, 5.41) is 3.10. The molecule has 1 aromatic heterocycles. The van der Waals surface area contributed by atoms with E-state index in [9.17, 15) is 8.42 Å². The quantitative estimate of drug-likeness (QED) is 0.374. The Kier molecular flexibility index (Phi) is 4.03. The molecule has 1 heterocycles. The molecule has 0 aliphatic carbocycles. The molecule has 142 valence electrons. The van der Waals surface area contributed by atoms with E-state index in [0.29, 0.717) is 11.2 Å². The van der Waals surface area contributed by atoms with Crippen LogP contribution in [0.2, 0.25) is 0 Å². The first-order valence-corrected chi connectivity index (χ1v) is 10.9. The van der Waals surface area contributed by atoms with Crippen molar-refractivity contribution in [2.75, 3.05) is 0 Å². The number of nitrogens with zero attached hydrogens (tertiary/aromatic N) is 1. The van der Waals surface area contributed by atoms with Gasteiger partial charge in [-0.1, -0.05) is 72.3 Å². The Bertz CT molecular complexity index is 1460. The van der Waals surface area contributed by atoms with E-state index in [1.165, 1.54) is 3.97 Å². The first-order chi connectivity index (χ1) is 14.0. The zero-order valence-electron chi connectivity index (χ0n) is 15.9. The molecule has 3 nitrogen and oxygen atoms in total. The number of rotatable bonds is 3. The van der Waals surface area contributed by atoms with Gasteiger partial charge in [0.05, 0.1) is 16.1 Å². The molecule has 4 heteroatoms. The lowest BCUT2D eigenvalue weighted by Gasteiger charge is -2.13. The molecule has 0 saturated carbocycles. The minimum atomic E-state index is -3.75. The zero-order valence-corrected chi connectivity index (χ0v) is 16.7. The first-order valence-electron chi connectivity index (χ1n) is 9.46. The maximum atomic E-state index is 13.6. The zero-order chi connectivity index (χ0) is 20.0. The molecular weight excluding hydrogens is 378 g/mol. The summed E-state index contributed by atoms with van der Waals surface area (Å²) in [6.07, 6.45) is 0. The van der Waals surface area contributed by atoms with Crippen LogP contribution in [-0.4, -0.2) is 12.4 Å². The van der Waals surface area contributed by atoms with Crippen molar-refractivity contribution in [1.82, 2.24) is 3.97 Å². The topological polar surface area (TPSA) is 39.1 Å². The van der Waals surface area contributed by atoms with Crippen LogP contribution < -0.4 is 0 Å². The van der Waals surface area contributed by atoms with Gasteiger partial charge in [-0.15, -0.1) is 0 Å². The molecule has 0 bridgehead atoms. The summed E-state index contributed by atoms with van der Waals surface area (Å²) in [6, 6.07) is 30.7. The van der Waals surface area contributed by atoms with Gasteiger partial charge in [0.1, 0.15) is 0 Å². The lowest BCUT2D eigenvalue weighted by molar-refractivity contribution is 0.589. The van der Waals surface area contributed by atoms with Crippen molar-refractivity contribution >= 4 is 31.7 Å². The van der Waals surface area contributed by atoms with E-state index in [-0.39, 0.29) is 4.90 Å². The Morgan fingerprint density at radius 1 is 0.655 bits per heavy atom. The van der Waals surface area contributed by atoms with E-state index >= 15 is 0 Å². The van der Waals surface area contributed by atoms with Crippen LogP contribution in [0.5, 0.6) is 0 Å². The first kappa shape index (κ1) is 17.7. The molecule has 0 aliphatic heterocycles. The summed E-state index contributed by atoms with van der Waals surface area (Å²) in [5.41, 5.74) is 3.24. The van der Waals surface area contributed by atoms with Gasteiger partial charge in [0.2, 0.25) is 0 Å². The van der Waals surface area contributed by atoms with Crippen LogP contribution in [0, 0.1) is 6.92 Å². The normalized spacial score (nSPS) is 11.9. The monoisotopic (exact) mass is 397 g/mol. The summed E-state index contributed by atoms with van der Waals surface area (Å²) in [7, 11) is -3.75. The second-order valence-corrected chi connectivity index (χ2v) is 9.02. The SMILES string of the molecule is Cc1ccc(S(=O)(=O)n2c(-c3ccc4ccccc4c3)cc3ccccc32)cc1. The highest BCUT2D eigenvalue weighted by Crippen LogP contribution is 2.33. The fraction of sp³-hybridized carbons (Fsp3) is 0.0400. The third-order valence-electron chi connectivity index (χ3n) is 5.27. The van der Waals surface area contributed by atoms with E-state index < -0.39 is 10.0 Å². The van der Waals surface area contributed by atoms with Crippen LogP contribution in [0.1, 0.15) is 5.56 Å². The van der Waals surface area contributed by atoms with Crippen molar-refractivity contribution in [2.24, 2.45) is 0 Å². The number of aromatic nitrogens is 1. The maximum absolute atomic E-state index is 13.6. The largest absolute Gasteiger partial charge is 0.268 e. The van der Waals surface area contributed by atoms with E-state index in [4.69, 9.17) is 0 Å². The van der Waals surface area contributed by atoms with Crippen molar-refractivity contribution < 1.29 is 8.42 Å². The lowest BCUT2D eigenvalue weighted by atomic mass is 10.1. The maximum Gasteiger partial charge on any atom is 0.268 e. The minimum absolute atomic E-state index is 0.284. The highest BCUT2D eigenvalue weighted by Gasteiger charge is 2.23. The number of fused-ring (bicyclic) bond motifs is 2. The molecule has 0 unspecified atom stereocenters. The second kappa shape index (κ2) is 6.61. The Balaban J connectivity index is 1.81. The average molecular weight is 397 g/mol. The number of hydrogen-bond acceptors (Lipinski definition) is 2. The predicted molar refractivity (Wildman–Crippen MR) is 119 cm³/mol. The minimum Gasteiger partial charge on any atom is -0.233 e. The fourth-order valence-corrected chi connectivity index (χ4v) is 5.29. The van der Waals surface area contributed by atoms with Crippen molar-refractivity contribution in [3.8, 4) is 11.3 Å². The van der Waals surface area contributed by atoms with Gasteiger partial charge in [0, 0.05) is 5.39 Å². The Morgan fingerprint density at radius 3 is 2.07 bits per heavy atom. The smallest absolute Gasteiger partial charge is 0.233 e. The average Bonchev–Trinajstić information content (AvgIpc) is 3.14. The van der Waals surface area contributed by atoms with Crippen LogP contribution in [0.15, 0.2) is 102 Å². The van der Waals surface area contributed by atoms with Crippen molar-refractivity contribution in [2.45, 2.75) is 11.8 Å². The van der Waals surface area contributed by atoms with Crippen LogP contribution in [0.25, 0.3) is 32.9 Å². The van der Waals surface area contributed by atoms with Crippen LogP contribution in [-0.2, 0) is 10.0 Å². The van der Waals surface area contributed by atoms with Gasteiger partial charge in [-0.2, -0.15) is 0 Å². The molecule has 0 radical (unpaired) electrons. The molecule has 4 aromatic carbocycles. The number of para-hydroxylation sites is 1. The molecule has 29 heavy (non-hydrogen) atoms. The van der Waals surface area contributed by atoms with Gasteiger partial charge < -0.3 is 0 Å². The molecule has 0 amide bonds. The summed E-state index contributed by atoms with van der Waals surface area (Å²) in [6.45, 7) is 1.95. The summed E-state index contributed by atoms with van der Waals surface area (Å²) < 4.78 is 28.8. The molecule has 5 aromatic rings.